The number of ether oxygens (including phenoxy) is 2. The van der Waals surface area contributed by atoms with Crippen LogP contribution in [0.25, 0.3) is 5.57 Å². The van der Waals surface area contributed by atoms with Gasteiger partial charge in [-0.25, -0.2) is 9.97 Å². The number of hydrogen-bond donors (Lipinski definition) is 1. The third kappa shape index (κ3) is 4.15. The van der Waals surface area contributed by atoms with Gasteiger partial charge in [-0.2, -0.15) is 0 Å². The first-order chi connectivity index (χ1) is 13.3. The molecule has 3 aromatic rings. The zero-order valence-electron chi connectivity index (χ0n) is 15.2. The zero-order chi connectivity index (χ0) is 18.5. The molecule has 27 heavy (non-hydrogen) atoms. The standard InChI is InChI=1S/C22H21N3O2/c1-16-4-2-12-23-21(16)25-18-6-8-19(9-7-18)27-22-20(5-3-13-24-22)17-10-14-26-15-11-17/h2-10,12-13H,11,14-15H2,1H3,(H,23,25). The Morgan fingerprint density at radius 2 is 1.81 bits per heavy atom. The van der Waals surface area contributed by atoms with Gasteiger partial charge in [0.1, 0.15) is 11.6 Å². The van der Waals surface area contributed by atoms with Crippen molar-refractivity contribution in [2.75, 3.05) is 18.5 Å². The first-order valence-corrected chi connectivity index (χ1v) is 8.98. The van der Waals surface area contributed by atoms with Crippen molar-refractivity contribution >= 4 is 17.1 Å². The predicted molar refractivity (Wildman–Crippen MR) is 106 cm³/mol. The molecule has 0 fully saturated rings. The van der Waals surface area contributed by atoms with Crippen molar-refractivity contribution < 1.29 is 9.47 Å². The first-order valence-electron chi connectivity index (χ1n) is 8.98. The number of aromatic nitrogens is 2. The van der Waals surface area contributed by atoms with Crippen molar-refractivity contribution in [3.8, 4) is 11.6 Å². The Kier molecular flexibility index (Phi) is 5.12. The summed E-state index contributed by atoms with van der Waals surface area (Å²) in [6, 6.07) is 15.7. The molecule has 0 aliphatic carbocycles. The topological polar surface area (TPSA) is 56.3 Å². The summed E-state index contributed by atoms with van der Waals surface area (Å²) in [5, 5.41) is 3.32. The molecule has 2 aromatic heterocycles. The molecule has 0 saturated carbocycles. The minimum absolute atomic E-state index is 0.618. The Bertz CT molecular complexity index is 952. The SMILES string of the molecule is Cc1cccnc1Nc1ccc(Oc2ncccc2C2=CCOCC2)cc1. The lowest BCUT2D eigenvalue weighted by molar-refractivity contribution is 0.161. The van der Waals surface area contributed by atoms with Crippen molar-refractivity contribution in [1.29, 1.82) is 0 Å². The van der Waals surface area contributed by atoms with Crippen LogP contribution in [0.1, 0.15) is 17.5 Å². The highest BCUT2D eigenvalue weighted by molar-refractivity contribution is 5.70. The van der Waals surface area contributed by atoms with Crippen molar-refractivity contribution in [3.63, 3.8) is 0 Å². The maximum atomic E-state index is 6.06. The van der Waals surface area contributed by atoms with E-state index in [0.29, 0.717) is 12.5 Å². The summed E-state index contributed by atoms with van der Waals surface area (Å²) in [7, 11) is 0. The molecule has 0 spiro atoms. The lowest BCUT2D eigenvalue weighted by atomic mass is 10.0. The van der Waals surface area contributed by atoms with E-state index in [-0.39, 0.29) is 0 Å². The molecule has 0 bridgehead atoms. The predicted octanol–water partition coefficient (Wildman–Crippen LogP) is 5.12. The average molecular weight is 359 g/mol. The molecular formula is C22H21N3O2. The van der Waals surface area contributed by atoms with E-state index in [1.165, 1.54) is 5.57 Å². The maximum Gasteiger partial charge on any atom is 0.226 e. The number of rotatable bonds is 5. The highest BCUT2D eigenvalue weighted by atomic mass is 16.5. The van der Waals surface area contributed by atoms with Crippen LogP contribution in [0.15, 0.2) is 67.0 Å². The van der Waals surface area contributed by atoms with Gasteiger partial charge in [0.2, 0.25) is 5.88 Å². The summed E-state index contributed by atoms with van der Waals surface area (Å²) in [6.45, 7) is 3.39. The van der Waals surface area contributed by atoms with Gasteiger partial charge in [0, 0.05) is 23.6 Å². The molecule has 136 valence electrons. The van der Waals surface area contributed by atoms with Crippen LogP contribution >= 0.6 is 0 Å². The number of hydrogen-bond acceptors (Lipinski definition) is 5. The van der Waals surface area contributed by atoms with Gasteiger partial charge < -0.3 is 14.8 Å². The molecule has 0 atom stereocenters. The minimum atomic E-state index is 0.618. The van der Waals surface area contributed by atoms with Crippen LogP contribution in [0.5, 0.6) is 11.6 Å². The normalized spacial score (nSPS) is 13.7. The fourth-order valence-corrected chi connectivity index (χ4v) is 2.96. The second-order valence-electron chi connectivity index (χ2n) is 6.33. The van der Waals surface area contributed by atoms with Gasteiger partial charge in [0.05, 0.1) is 13.2 Å². The van der Waals surface area contributed by atoms with Crippen LogP contribution in [0, 0.1) is 6.92 Å². The third-order valence-electron chi connectivity index (χ3n) is 4.42. The third-order valence-corrected chi connectivity index (χ3v) is 4.42. The molecule has 1 aliphatic rings. The number of nitrogens with zero attached hydrogens (tertiary/aromatic N) is 2. The molecule has 4 rings (SSSR count). The molecule has 1 N–H and O–H groups in total. The fourth-order valence-electron chi connectivity index (χ4n) is 2.96. The highest BCUT2D eigenvalue weighted by Gasteiger charge is 2.13. The molecule has 0 radical (unpaired) electrons. The summed E-state index contributed by atoms with van der Waals surface area (Å²) < 4.78 is 11.5. The summed E-state index contributed by atoms with van der Waals surface area (Å²) in [5.41, 5.74) is 4.29. The second kappa shape index (κ2) is 8.01. The monoisotopic (exact) mass is 359 g/mol. The van der Waals surface area contributed by atoms with E-state index in [1.807, 2.05) is 55.5 Å². The van der Waals surface area contributed by atoms with Crippen LogP contribution in [-0.4, -0.2) is 23.2 Å². The number of nitrogens with one attached hydrogen (secondary N) is 1. The number of aryl methyl sites for hydroxylation is 1. The second-order valence-corrected chi connectivity index (χ2v) is 6.33. The summed E-state index contributed by atoms with van der Waals surface area (Å²) in [5.74, 6) is 2.21. The van der Waals surface area contributed by atoms with E-state index < -0.39 is 0 Å². The summed E-state index contributed by atoms with van der Waals surface area (Å²) in [6.07, 6.45) is 6.49. The van der Waals surface area contributed by atoms with Crippen LogP contribution in [-0.2, 0) is 4.74 Å². The minimum Gasteiger partial charge on any atom is -0.438 e. The highest BCUT2D eigenvalue weighted by Crippen LogP contribution is 2.31. The van der Waals surface area contributed by atoms with Gasteiger partial charge in [-0.15, -0.1) is 0 Å². The Balaban J connectivity index is 1.51. The molecule has 0 unspecified atom stereocenters. The van der Waals surface area contributed by atoms with Crippen LogP contribution < -0.4 is 10.1 Å². The van der Waals surface area contributed by atoms with E-state index in [0.717, 1.165) is 41.4 Å². The van der Waals surface area contributed by atoms with Gasteiger partial charge in [-0.05, 0) is 66.9 Å². The van der Waals surface area contributed by atoms with Gasteiger partial charge in [-0.3, -0.25) is 0 Å². The van der Waals surface area contributed by atoms with E-state index in [1.54, 1.807) is 12.4 Å². The first kappa shape index (κ1) is 17.2. The lowest BCUT2D eigenvalue weighted by Gasteiger charge is -2.16. The Labute approximate surface area is 158 Å². The molecule has 0 saturated heterocycles. The molecule has 1 aliphatic heterocycles. The molecule has 0 amide bonds. The van der Waals surface area contributed by atoms with Crippen molar-refractivity contribution in [3.05, 3.63) is 78.1 Å². The summed E-state index contributed by atoms with van der Waals surface area (Å²) in [4.78, 5) is 8.78. The van der Waals surface area contributed by atoms with Crippen LogP contribution in [0.2, 0.25) is 0 Å². The van der Waals surface area contributed by atoms with Gasteiger partial charge in [0.25, 0.3) is 0 Å². The Morgan fingerprint density at radius 3 is 2.59 bits per heavy atom. The van der Waals surface area contributed by atoms with Gasteiger partial charge in [0.15, 0.2) is 0 Å². The van der Waals surface area contributed by atoms with E-state index >= 15 is 0 Å². The quantitative estimate of drug-likeness (QED) is 0.685. The van der Waals surface area contributed by atoms with Gasteiger partial charge >= 0.3 is 0 Å². The number of benzene rings is 1. The molecule has 1 aromatic carbocycles. The fraction of sp³-hybridized carbons (Fsp3) is 0.182. The average Bonchev–Trinajstić information content (AvgIpc) is 2.72. The van der Waals surface area contributed by atoms with E-state index in [4.69, 9.17) is 9.47 Å². The van der Waals surface area contributed by atoms with E-state index in [9.17, 15) is 0 Å². The maximum absolute atomic E-state index is 6.06. The van der Waals surface area contributed by atoms with Crippen molar-refractivity contribution in [2.45, 2.75) is 13.3 Å². The number of anilines is 2. The Morgan fingerprint density at radius 1 is 1.00 bits per heavy atom. The van der Waals surface area contributed by atoms with Crippen LogP contribution in [0.3, 0.4) is 0 Å². The van der Waals surface area contributed by atoms with Gasteiger partial charge in [-0.1, -0.05) is 12.1 Å². The zero-order valence-corrected chi connectivity index (χ0v) is 15.2. The van der Waals surface area contributed by atoms with Crippen molar-refractivity contribution in [1.82, 2.24) is 9.97 Å². The molecular weight excluding hydrogens is 338 g/mol. The smallest absolute Gasteiger partial charge is 0.226 e. The van der Waals surface area contributed by atoms with Crippen molar-refractivity contribution in [2.24, 2.45) is 0 Å². The molecule has 5 heteroatoms. The lowest BCUT2D eigenvalue weighted by Crippen LogP contribution is -2.05. The molecule has 3 heterocycles. The van der Waals surface area contributed by atoms with Crippen LogP contribution in [0.4, 0.5) is 11.5 Å². The molecule has 5 nitrogen and oxygen atoms in total. The number of pyridine rings is 2. The Hall–Kier alpha value is -3.18. The summed E-state index contributed by atoms with van der Waals surface area (Å²) >= 11 is 0. The van der Waals surface area contributed by atoms with E-state index in [2.05, 4.69) is 21.4 Å². The largest absolute Gasteiger partial charge is 0.438 e.